The summed E-state index contributed by atoms with van der Waals surface area (Å²) in [6, 6.07) is -0.577. The molecule has 0 aromatic rings. The van der Waals surface area contributed by atoms with Gasteiger partial charge in [-0.3, -0.25) is 0 Å². The van der Waals surface area contributed by atoms with Crippen LogP contribution in [0.5, 0.6) is 0 Å². The first kappa shape index (κ1) is 11.0. The molecule has 1 aliphatic carbocycles. The highest BCUT2D eigenvalue weighted by Crippen LogP contribution is 2.30. The predicted octanol–water partition coefficient (Wildman–Crippen LogP) is 1.86. The number of hydrogen-bond acceptors (Lipinski definition) is 2. The second-order valence-electron chi connectivity index (χ2n) is 3.96. The lowest BCUT2D eigenvalue weighted by Gasteiger charge is -2.17. The van der Waals surface area contributed by atoms with Gasteiger partial charge in [-0.15, -0.1) is 0 Å². The van der Waals surface area contributed by atoms with E-state index in [2.05, 4.69) is 24.4 Å². The number of primary amides is 1. The molecule has 80 valence electrons. The summed E-state index contributed by atoms with van der Waals surface area (Å²) in [5.74, 6) is 1.18. The molecule has 4 heteroatoms. The van der Waals surface area contributed by atoms with Crippen molar-refractivity contribution in [2.75, 3.05) is 0 Å². The summed E-state index contributed by atoms with van der Waals surface area (Å²) in [6.45, 7) is 4.41. The third-order valence-corrected chi connectivity index (χ3v) is 3.02. The zero-order valence-corrected chi connectivity index (χ0v) is 8.92. The molecule has 4 nitrogen and oxygen atoms in total. The van der Waals surface area contributed by atoms with Gasteiger partial charge in [-0.05, 0) is 25.2 Å². The van der Waals surface area contributed by atoms with Gasteiger partial charge in [-0.2, -0.15) is 5.10 Å². The molecule has 1 saturated carbocycles. The normalized spacial score (nSPS) is 26.4. The van der Waals surface area contributed by atoms with Crippen molar-refractivity contribution in [1.29, 1.82) is 0 Å². The molecule has 2 unspecified atom stereocenters. The minimum atomic E-state index is -0.577. The van der Waals surface area contributed by atoms with E-state index in [0.29, 0.717) is 11.8 Å². The number of carbonyl (C=O) groups is 1. The molecule has 0 aromatic carbocycles. The maximum absolute atomic E-state index is 10.5. The van der Waals surface area contributed by atoms with Crippen LogP contribution in [0.25, 0.3) is 0 Å². The number of carbonyl (C=O) groups excluding carboxylic acids is 1. The van der Waals surface area contributed by atoms with Gasteiger partial charge in [-0.1, -0.05) is 20.3 Å². The van der Waals surface area contributed by atoms with Crippen LogP contribution in [-0.2, 0) is 0 Å². The first-order valence-electron chi connectivity index (χ1n) is 5.27. The third-order valence-electron chi connectivity index (χ3n) is 3.02. The molecule has 0 spiro atoms. The molecule has 0 aromatic heterocycles. The van der Waals surface area contributed by atoms with E-state index in [0.717, 1.165) is 18.6 Å². The molecule has 2 amide bonds. The molecule has 1 fully saturated rings. The minimum absolute atomic E-state index is 0.534. The van der Waals surface area contributed by atoms with Crippen LogP contribution in [0.2, 0.25) is 0 Å². The van der Waals surface area contributed by atoms with Gasteiger partial charge >= 0.3 is 6.03 Å². The van der Waals surface area contributed by atoms with Gasteiger partial charge in [0.05, 0.1) is 0 Å². The van der Waals surface area contributed by atoms with Gasteiger partial charge in [-0.25, -0.2) is 10.2 Å². The van der Waals surface area contributed by atoms with E-state index in [4.69, 9.17) is 5.73 Å². The van der Waals surface area contributed by atoms with Crippen LogP contribution in [0.3, 0.4) is 0 Å². The van der Waals surface area contributed by atoms with Crippen molar-refractivity contribution in [3.8, 4) is 0 Å². The fraction of sp³-hybridized carbons (Fsp3) is 0.800. The van der Waals surface area contributed by atoms with Gasteiger partial charge < -0.3 is 5.73 Å². The van der Waals surface area contributed by atoms with Gasteiger partial charge in [0, 0.05) is 11.6 Å². The number of nitrogens with two attached hydrogens (primary N) is 1. The Bertz CT molecular complexity index is 238. The largest absolute Gasteiger partial charge is 0.350 e. The molecule has 14 heavy (non-hydrogen) atoms. The van der Waals surface area contributed by atoms with Crippen LogP contribution in [0.4, 0.5) is 4.79 Å². The van der Waals surface area contributed by atoms with Crippen molar-refractivity contribution in [2.45, 2.75) is 39.5 Å². The second-order valence-corrected chi connectivity index (χ2v) is 3.96. The number of amides is 2. The molecular formula is C10H19N3O. The molecule has 3 N–H and O–H groups in total. The molecule has 2 atom stereocenters. The smallest absolute Gasteiger partial charge is 0.332 e. The van der Waals surface area contributed by atoms with Crippen LogP contribution < -0.4 is 11.2 Å². The predicted molar refractivity (Wildman–Crippen MR) is 57.0 cm³/mol. The Morgan fingerprint density at radius 1 is 1.79 bits per heavy atom. The van der Waals surface area contributed by atoms with Crippen molar-refractivity contribution in [3.05, 3.63) is 0 Å². The summed E-state index contributed by atoms with van der Waals surface area (Å²) < 4.78 is 0. The van der Waals surface area contributed by atoms with E-state index in [1.54, 1.807) is 0 Å². The average Bonchev–Trinajstić information content (AvgIpc) is 2.61. The number of urea groups is 1. The minimum Gasteiger partial charge on any atom is -0.350 e. The number of rotatable bonds is 3. The SMILES string of the molecule is CCC(C)C1CCC/C1=N\NC(N)=O. The van der Waals surface area contributed by atoms with E-state index < -0.39 is 6.03 Å². The fourth-order valence-electron chi connectivity index (χ4n) is 2.02. The van der Waals surface area contributed by atoms with Crippen LogP contribution >= 0.6 is 0 Å². The topological polar surface area (TPSA) is 67.5 Å². The third kappa shape index (κ3) is 2.72. The Kier molecular flexibility index (Phi) is 3.92. The summed E-state index contributed by atoms with van der Waals surface area (Å²) in [7, 11) is 0. The first-order valence-corrected chi connectivity index (χ1v) is 5.27. The quantitative estimate of drug-likeness (QED) is 0.666. The molecule has 1 aliphatic rings. The lowest BCUT2D eigenvalue weighted by atomic mass is 9.89. The van der Waals surface area contributed by atoms with Crippen molar-refractivity contribution in [1.82, 2.24) is 5.43 Å². The second kappa shape index (κ2) is 4.98. The van der Waals surface area contributed by atoms with Gasteiger partial charge in [0.2, 0.25) is 0 Å². The summed E-state index contributed by atoms with van der Waals surface area (Å²) in [5.41, 5.74) is 8.40. The highest BCUT2D eigenvalue weighted by Gasteiger charge is 2.26. The number of nitrogens with zero attached hydrogens (tertiary/aromatic N) is 1. The van der Waals surface area contributed by atoms with E-state index in [1.807, 2.05) is 0 Å². The number of nitrogens with one attached hydrogen (secondary N) is 1. The summed E-state index contributed by atoms with van der Waals surface area (Å²) in [4.78, 5) is 10.5. The van der Waals surface area contributed by atoms with E-state index in [9.17, 15) is 4.79 Å². The van der Waals surface area contributed by atoms with Gasteiger partial charge in [0.1, 0.15) is 0 Å². The van der Waals surface area contributed by atoms with Crippen molar-refractivity contribution >= 4 is 11.7 Å². The van der Waals surface area contributed by atoms with Crippen LogP contribution in [0.1, 0.15) is 39.5 Å². The zero-order valence-electron chi connectivity index (χ0n) is 8.92. The first-order chi connectivity index (χ1) is 6.65. The Labute approximate surface area is 84.9 Å². The lowest BCUT2D eigenvalue weighted by molar-refractivity contribution is 0.249. The molecular weight excluding hydrogens is 178 g/mol. The average molecular weight is 197 g/mol. The highest BCUT2D eigenvalue weighted by atomic mass is 16.2. The van der Waals surface area contributed by atoms with Crippen molar-refractivity contribution < 1.29 is 4.79 Å². The Morgan fingerprint density at radius 3 is 3.07 bits per heavy atom. The fourth-order valence-corrected chi connectivity index (χ4v) is 2.02. The molecule has 0 heterocycles. The maximum atomic E-state index is 10.5. The molecule has 0 radical (unpaired) electrons. The van der Waals surface area contributed by atoms with Crippen molar-refractivity contribution in [2.24, 2.45) is 22.7 Å². The van der Waals surface area contributed by atoms with E-state index in [-0.39, 0.29) is 0 Å². The summed E-state index contributed by atoms with van der Waals surface area (Å²) in [6.07, 6.45) is 4.51. The molecule has 1 rings (SSSR count). The Balaban J connectivity index is 2.58. The lowest BCUT2D eigenvalue weighted by Crippen LogP contribution is -2.27. The molecule has 0 aliphatic heterocycles. The molecule has 0 bridgehead atoms. The summed E-state index contributed by atoms with van der Waals surface area (Å²) in [5, 5.41) is 4.07. The Hall–Kier alpha value is -1.06. The van der Waals surface area contributed by atoms with E-state index >= 15 is 0 Å². The maximum Gasteiger partial charge on any atom is 0.332 e. The monoisotopic (exact) mass is 197 g/mol. The van der Waals surface area contributed by atoms with Gasteiger partial charge in [0.15, 0.2) is 0 Å². The standard InChI is InChI=1S/C10H19N3O/c1-3-7(2)8-5-4-6-9(8)12-13-10(11)14/h7-8H,3-6H2,1-2H3,(H3,11,13,14)/b12-9+. The van der Waals surface area contributed by atoms with E-state index in [1.165, 1.54) is 12.8 Å². The van der Waals surface area contributed by atoms with Crippen LogP contribution in [0, 0.1) is 11.8 Å². The van der Waals surface area contributed by atoms with Crippen molar-refractivity contribution in [3.63, 3.8) is 0 Å². The summed E-state index contributed by atoms with van der Waals surface area (Å²) >= 11 is 0. The number of hydrazone groups is 1. The zero-order chi connectivity index (χ0) is 10.6. The van der Waals surface area contributed by atoms with Gasteiger partial charge in [0.25, 0.3) is 0 Å². The number of hydrogen-bond donors (Lipinski definition) is 2. The van der Waals surface area contributed by atoms with Crippen LogP contribution in [0.15, 0.2) is 5.10 Å². The Morgan fingerprint density at radius 2 is 2.50 bits per heavy atom. The molecule has 0 saturated heterocycles. The highest BCUT2D eigenvalue weighted by molar-refractivity contribution is 5.89. The van der Waals surface area contributed by atoms with Crippen LogP contribution in [-0.4, -0.2) is 11.7 Å².